The van der Waals surface area contributed by atoms with E-state index < -0.39 is 4.92 Å². The minimum Gasteiger partial charge on any atom is -0.493 e. The van der Waals surface area contributed by atoms with Crippen LogP contribution in [0, 0.1) is 33.8 Å². The van der Waals surface area contributed by atoms with Crippen LogP contribution in [0.4, 0.5) is 5.69 Å². The molecule has 0 spiro atoms. The molecule has 0 N–H and O–H groups in total. The Balaban J connectivity index is 1.62. The van der Waals surface area contributed by atoms with Crippen molar-refractivity contribution in [2.24, 2.45) is 28.8 Å². The second-order valence-electron chi connectivity index (χ2n) is 7.90. The van der Waals surface area contributed by atoms with Crippen molar-refractivity contribution in [3.8, 4) is 11.5 Å². The van der Waals surface area contributed by atoms with Gasteiger partial charge in [-0.05, 0) is 37.7 Å². The molecule has 4 rings (SSSR count). The van der Waals surface area contributed by atoms with Gasteiger partial charge in [0.15, 0.2) is 5.75 Å². The highest BCUT2D eigenvalue weighted by Crippen LogP contribution is 2.52. The van der Waals surface area contributed by atoms with E-state index in [9.17, 15) is 19.7 Å². The van der Waals surface area contributed by atoms with E-state index in [0.717, 1.165) is 11.4 Å². The van der Waals surface area contributed by atoms with Crippen molar-refractivity contribution < 1.29 is 24.0 Å². The van der Waals surface area contributed by atoms with Crippen LogP contribution >= 0.6 is 0 Å². The molecule has 2 amide bonds. The molecule has 2 fully saturated rings. The lowest BCUT2D eigenvalue weighted by atomic mass is 9.85. The van der Waals surface area contributed by atoms with Crippen molar-refractivity contribution in [1.82, 2.24) is 5.01 Å². The lowest BCUT2D eigenvalue weighted by Gasteiger charge is -2.16. The van der Waals surface area contributed by atoms with Gasteiger partial charge in [-0.15, -0.1) is 0 Å². The maximum absolute atomic E-state index is 12.7. The van der Waals surface area contributed by atoms with Gasteiger partial charge >= 0.3 is 5.69 Å². The van der Waals surface area contributed by atoms with Gasteiger partial charge in [0, 0.05) is 11.6 Å². The van der Waals surface area contributed by atoms with Gasteiger partial charge in [0.25, 0.3) is 11.8 Å². The smallest absolute Gasteiger partial charge is 0.315 e. The number of nitro benzene ring substituents is 1. The van der Waals surface area contributed by atoms with Gasteiger partial charge in [-0.3, -0.25) is 19.7 Å². The summed E-state index contributed by atoms with van der Waals surface area (Å²) in [6, 6.07) is 2.83. The highest BCUT2D eigenvalue weighted by atomic mass is 16.6. The lowest BCUT2D eigenvalue weighted by Crippen LogP contribution is -2.28. The maximum Gasteiger partial charge on any atom is 0.315 e. The van der Waals surface area contributed by atoms with Crippen LogP contribution in [-0.2, 0) is 9.59 Å². The fourth-order valence-electron chi connectivity index (χ4n) is 4.50. The zero-order valence-electron chi connectivity index (χ0n) is 17.0. The van der Waals surface area contributed by atoms with Crippen LogP contribution in [0.5, 0.6) is 11.5 Å². The average molecular weight is 413 g/mol. The Morgan fingerprint density at radius 2 is 1.90 bits per heavy atom. The van der Waals surface area contributed by atoms with E-state index in [1.165, 1.54) is 25.5 Å². The SMILES string of the molecule is CC[C@@H](C)Oc1c(OC)cc(C=NN2C(=O)[C@@H]3[C@H](C2=O)[C@H]2C=C[C@H]3C2)cc1[N+](=O)[O-]. The Morgan fingerprint density at radius 1 is 1.27 bits per heavy atom. The van der Waals surface area contributed by atoms with E-state index in [1.54, 1.807) is 0 Å². The van der Waals surface area contributed by atoms with Crippen LogP contribution in [0.25, 0.3) is 0 Å². The summed E-state index contributed by atoms with van der Waals surface area (Å²) in [5.74, 6) is -0.902. The monoisotopic (exact) mass is 413 g/mol. The Bertz CT molecular complexity index is 942. The molecule has 158 valence electrons. The summed E-state index contributed by atoms with van der Waals surface area (Å²) in [7, 11) is 1.39. The number of allylic oxidation sites excluding steroid dienone is 2. The number of amides is 2. The fraction of sp³-hybridized carbons (Fsp3) is 0.476. The zero-order valence-corrected chi connectivity index (χ0v) is 17.0. The number of nitro groups is 1. The van der Waals surface area contributed by atoms with Crippen molar-refractivity contribution in [1.29, 1.82) is 0 Å². The van der Waals surface area contributed by atoms with Gasteiger partial charge in [-0.25, -0.2) is 0 Å². The fourth-order valence-corrected chi connectivity index (χ4v) is 4.50. The van der Waals surface area contributed by atoms with Crippen LogP contribution in [0.3, 0.4) is 0 Å². The topological polar surface area (TPSA) is 111 Å². The molecule has 1 aliphatic heterocycles. The first-order chi connectivity index (χ1) is 14.3. The molecule has 2 bridgehead atoms. The summed E-state index contributed by atoms with van der Waals surface area (Å²) in [6.07, 6.45) is 6.56. The standard InChI is InChI=1S/C21H23N3O6/c1-4-11(2)30-19-15(24(27)28)7-12(8-16(19)29-3)10-22-23-20(25)17-13-5-6-14(9-13)18(17)21(23)26/h5-8,10-11,13-14,17-18H,4,9H2,1-3H3/t11-,13+,14+,17-,18+/m1/s1. The number of rotatable bonds is 7. The molecule has 5 atom stereocenters. The number of fused-ring (bicyclic) bond motifs is 5. The first-order valence-corrected chi connectivity index (χ1v) is 9.98. The number of benzene rings is 1. The molecule has 2 aliphatic carbocycles. The number of hydrogen-bond donors (Lipinski definition) is 0. The van der Waals surface area contributed by atoms with Crippen LogP contribution in [0.1, 0.15) is 32.3 Å². The predicted octanol–water partition coefficient (Wildman–Crippen LogP) is 2.92. The van der Waals surface area contributed by atoms with Gasteiger partial charge in [-0.2, -0.15) is 10.1 Å². The molecule has 0 aromatic heterocycles. The molecule has 9 nitrogen and oxygen atoms in total. The Labute approximate surface area is 173 Å². The van der Waals surface area contributed by atoms with Crippen LogP contribution in [0.2, 0.25) is 0 Å². The number of carbonyl (C=O) groups is 2. The Morgan fingerprint density at radius 3 is 2.43 bits per heavy atom. The number of imide groups is 1. The van der Waals surface area contributed by atoms with Gasteiger partial charge in [-0.1, -0.05) is 19.1 Å². The number of hydrogen-bond acceptors (Lipinski definition) is 7. The number of hydrazone groups is 1. The second kappa shape index (κ2) is 7.55. The third kappa shape index (κ3) is 3.14. The molecule has 9 heteroatoms. The van der Waals surface area contributed by atoms with Crippen molar-refractivity contribution >= 4 is 23.7 Å². The summed E-state index contributed by atoms with van der Waals surface area (Å²) >= 11 is 0. The number of ether oxygens (including phenoxy) is 2. The largest absolute Gasteiger partial charge is 0.493 e. The number of nitrogens with zero attached hydrogens (tertiary/aromatic N) is 3. The molecule has 0 unspecified atom stereocenters. The van der Waals surface area contributed by atoms with Crippen LogP contribution in [-0.4, -0.2) is 41.2 Å². The van der Waals surface area contributed by atoms with Gasteiger partial charge in [0.1, 0.15) is 0 Å². The van der Waals surface area contributed by atoms with Gasteiger partial charge < -0.3 is 9.47 Å². The maximum atomic E-state index is 12.7. The van der Waals surface area contributed by atoms with Crippen LogP contribution in [0.15, 0.2) is 29.4 Å². The molecule has 1 aromatic carbocycles. The summed E-state index contributed by atoms with van der Waals surface area (Å²) in [4.78, 5) is 36.5. The minimum atomic E-state index is -0.558. The summed E-state index contributed by atoms with van der Waals surface area (Å²) < 4.78 is 11.0. The van der Waals surface area contributed by atoms with Crippen molar-refractivity contribution in [2.45, 2.75) is 32.8 Å². The van der Waals surface area contributed by atoms with Crippen LogP contribution < -0.4 is 9.47 Å². The first-order valence-electron chi connectivity index (χ1n) is 9.98. The molecular formula is C21H23N3O6. The molecule has 30 heavy (non-hydrogen) atoms. The van der Waals surface area contributed by atoms with E-state index in [-0.39, 0.29) is 58.8 Å². The number of methoxy groups -OCH3 is 1. The second-order valence-corrected chi connectivity index (χ2v) is 7.90. The lowest BCUT2D eigenvalue weighted by molar-refractivity contribution is -0.386. The summed E-state index contributed by atoms with van der Waals surface area (Å²) in [5, 5.41) is 16.6. The number of carbonyl (C=O) groups excluding carboxylic acids is 2. The van der Waals surface area contributed by atoms with Gasteiger partial charge in [0.2, 0.25) is 5.75 Å². The van der Waals surface area contributed by atoms with Crippen molar-refractivity contribution in [3.05, 3.63) is 40.0 Å². The van der Waals surface area contributed by atoms with Crippen molar-refractivity contribution in [2.75, 3.05) is 7.11 Å². The molecule has 1 heterocycles. The van der Waals surface area contributed by atoms with E-state index in [0.29, 0.717) is 12.0 Å². The Kier molecular flexibility index (Phi) is 5.05. The van der Waals surface area contributed by atoms with Gasteiger partial charge in [0.05, 0.1) is 36.2 Å². The molecule has 1 aromatic rings. The predicted molar refractivity (Wildman–Crippen MR) is 107 cm³/mol. The minimum absolute atomic E-state index is 0.0412. The third-order valence-corrected chi connectivity index (χ3v) is 6.14. The molecule has 0 radical (unpaired) electrons. The molecular weight excluding hydrogens is 390 g/mol. The Hall–Kier alpha value is -3.23. The van der Waals surface area contributed by atoms with E-state index in [1.807, 2.05) is 26.0 Å². The van der Waals surface area contributed by atoms with E-state index in [2.05, 4.69) is 5.10 Å². The third-order valence-electron chi connectivity index (χ3n) is 6.14. The molecule has 1 saturated carbocycles. The zero-order chi connectivity index (χ0) is 21.6. The summed E-state index contributed by atoms with van der Waals surface area (Å²) in [6.45, 7) is 3.72. The highest BCUT2D eigenvalue weighted by molar-refractivity contribution is 6.06. The first kappa shape index (κ1) is 20.1. The van der Waals surface area contributed by atoms with E-state index >= 15 is 0 Å². The van der Waals surface area contributed by atoms with Crippen molar-refractivity contribution in [3.63, 3.8) is 0 Å². The highest BCUT2D eigenvalue weighted by Gasteiger charge is 2.59. The molecule has 1 saturated heterocycles. The molecule has 3 aliphatic rings. The quantitative estimate of drug-likeness (QED) is 0.223. The normalized spacial score (nSPS) is 27.8. The average Bonchev–Trinajstić information content (AvgIpc) is 3.41. The van der Waals surface area contributed by atoms with E-state index in [4.69, 9.17) is 9.47 Å². The summed E-state index contributed by atoms with van der Waals surface area (Å²) in [5.41, 5.74) is 0.0584.